The van der Waals surface area contributed by atoms with E-state index >= 15 is 0 Å². The Labute approximate surface area is 137 Å². The number of thiocarbonyl (C=S) groups is 1. The van der Waals surface area contributed by atoms with Gasteiger partial charge in [0.1, 0.15) is 6.04 Å². The molecule has 1 fully saturated rings. The molecule has 0 saturated heterocycles. The van der Waals surface area contributed by atoms with E-state index in [9.17, 15) is 13.2 Å². The highest BCUT2D eigenvalue weighted by Gasteiger charge is 2.47. The summed E-state index contributed by atoms with van der Waals surface area (Å²) in [5.41, 5.74) is -0.961. The van der Waals surface area contributed by atoms with Crippen molar-refractivity contribution in [2.45, 2.75) is 70.8 Å². The Balaban J connectivity index is 2.71. The molecule has 22 heavy (non-hydrogen) atoms. The van der Waals surface area contributed by atoms with Crippen LogP contribution in [0.25, 0.3) is 0 Å². The minimum atomic E-state index is -4.34. The SMILES string of the molecule is CN(C)[C@@H]1CCCC[C@H]1NC(=S)N[C@@H](C(C)(C)C)C(F)(F)F. The third kappa shape index (κ3) is 5.57. The van der Waals surface area contributed by atoms with Gasteiger partial charge in [-0.2, -0.15) is 13.2 Å². The lowest BCUT2D eigenvalue weighted by molar-refractivity contribution is -0.173. The van der Waals surface area contributed by atoms with E-state index in [1.165, 1.54) is 0 Å². The fourth-order valence-corrected chi connectivity index (χ4v) is 3.30. The van der Waals surface area contributed by atoms with E-state index in [1.807, 2.05) is 14.1 Å². The molecule has 0 radical (unpaired) electrons. The molecule has 0 aliphatic heterocycles. The van der Waals surface area contributed by atoms with Crippen LogP contribution in [0.3, 0.4) is 0 Å². The zero-order valence-corrected chi connectivity index (χ0v) is 14.9. The minimum Gasteiger partial charge on any atom is -0.358 e. The van der Waals surface area contributed by atoms with Gasteiger partial charge in [0.05, 0.1) is 0 Å². The predicted octanol–water partition coefficient (Wildman–Crippen LogP) is 3.30. The Morgan fingerprint density at radius 3 is 2.14 bits per heavy atom. The van der Waals surface area contributed by atoms with Crippen LogP contribution in [0.1, 0.15) is 46.5 Å². The molecule has 0 spiro atoms. The second-order valence-electron chi connectivity index (χ2n) is 7.38. The number of nitrogens with one attached hydrogen (secondary N) is 2. The molecule has 0 heterocycles. The number of nitrogens with zero attached hydrogens (tertiary/aromatic N) is 1. The van der Waals surface area contributed by atoms with Crippen molar-refractivity contribution >= 4 is 17.3 Å². The highest BCUT2D eigenvalue weighted by atomic mass is 32.1. The maximum absolute atomic E-state index is 13.2. The standard InChI is InChI=1S/C15H28F3N3S/c1-14(2,3)12(15(16,17)18)20-13(22)19-10-8-6-7-9-11(10)21(4)5/h10-12H,6-9H2,1-5H3,(H2,19,20,22)/t10-,11-,12+/m1/s1. The van der Waals surface area contributed by atoms with Crippen molar-refractivity contribution in [2.75, 3.05) is 14.1 Å². The van der Waals surface area contributed by atoms with Crippen LogP contribution in [-0.2, 0) is 0 Å². The largest absolute Gasteiger partial charge is 0.409 e. The monoisotopic (exact) mass is 339 g/mol. The topological polar surface area (TPSA) is 27.3 Å². The lowest BCUT2D eigenvalue weighted by Crippen LogP contribution is -2.59. The summed E-state index contributed by atoms with van der Waals surface area (Å²) in [5, 5.41) is 5.68. The van der Waals surface area contributed by atoms with Crippen molar-refractivity contribution in [3.05, 3.63) is 0 Å². The average molecular weight is 339 g/mol. The molecule has 1 rings (SSSR count). The van der Waals surface area contributed by atoms with Crippen molar-refractivity contribution in [3.63, 3.8) is 0 Å². The quantitative estimate of drug-likeness (QED) is 0.772. The molecule has 0 aromatic heterocycles. The Morgan fingerprint density at radius 2 is 1.68 bits per heavy atom. The smallest absolute Gasteiger partial charge is 0.358 e. The molecule has 1 aliphatic rings. The summed E-state index contributed by atoms with van der Waals surface area (Å²) in [4.78, 5) is 2.12. The second-order valence-corrected chi connectivity index (χ2v) is 7.79. The van der Waals surface area contributed by atoms with Gasteiger partial charge in [0.15, 0.2) is 5.11 Å². The first kappa shape index (κ1) is 19.5. The summed E-state index contributed by atoms with van der Waals surface area (Å²) in [6.45, 7) is 4.68. The third-order valence-electron chi connectivity index (χ3n) is 4.18. The van der Waals surface area contributed by atoms with Crippen molar-refractivity contribution in [1.29, 1.82) is 0 Å². The molecular weight excluding hydrogens is 311 g/mol. The molecule has 3 atom stereocenters. The summed E-state index contributed by atoms with van der Waals surface area (Å²) >= 11 is 5.15. The summed E-state index contributed by atoms with van der Waals surface area (Å²) in [5.74, 6) is 0. The molecule has 1 aliphatic carbocycles. The number of likely N-dealkylation sites (N-methyl/N-ethyl adjacent to an activating group) is 1. The molecule has 1 saturated carbocycles. The molecule has 0 bridgehead atoms. The Morgan fingerprint density at radius 1 is 1.14 bits per heavy atom. The molecule has 130 valence electrons. The van der Waals surface area contributed by atoms with Gasteiger partial charge >= 0.3 is 6.18 Å². The van der Waals surface area contributed by atoms with E-state index in [-0.39, 0.29) is 11.2 Å². The van der Waals surface area contributed by atoms with Crippen LogP contribution in [0.15, 0.2) is 0 Å². The zero-order valence-electron chi connectivity index (χ0n) is 14.0. The van der Waals surface area contributed by atoms with Crippen LogP contribution in [0.4, 0.5) is 13.2 Å². The van der Waals surface area contributed by atoms with Crippen LogP contribution < -0.4 is 10.6 Å². The number of rotatable bonds is 3. The van der Waals surface area contributed by atoms with Crippen LogP contribution >= 0.6 is 12.2 Å². The maximum Gasteiger partial charge on any atom is 0.409 e. The molecule has 0 amide bonds. The fourth-order valence-electron chi connectivity index (χ4n) is 3.03. The first-order valence-corrected chi connectivity index (χ1v) is 8.14. The van der Waals surface area contributed by atoms with Gasteiger partial charge in [-0.1, -0.05) is 33.6 Å². The van der Waals surface area contributed by atoms with E-state index < -0.39 is 17.6 Å². The average Bonchev–Trinajstić information content (AvgIpc) is 2.33. The zero-order chi connectivity index (χ0) is 17.1. The summed E-state index contributed by atoms with van der Waals surface area (Å²) in [7, 11) is 3.99. The van der Waals surface area contributed by atoms with Gasteiger partial charge in [-0.05, 0) is 44.6 Å². The summed E-state index contributed by atoms with van der Waals surface area (Å²) in [6.07, 6.45) is -0.148. The molecule has 0 aromatic rings. The normalized spacial score (nSPS) is 25.0. The Hall–Kier alpha value is -0.560. The number of hydrogen-bond donors (Lipinski definition) is 2. The highest BCUT2D eigenvalue weighted by Crippen LogP contribution is 2.33. The minimum absolute atomic E-state index is 0.0935. The third-order valence-corrected chi connectivity index (χ3v) is 4.41. The van der Waals surface area contributed by atoms with E-state index in [0.717, 1.165) is 25.7 Å². The van der Waals surface area contributed by atoms with Crippen LogP contribution in [0, 0.1) is 5.41 Å². The van der Waals surface area contributed by atoms with Gasteiger partial charge in [-0.15, -0.1) is 0 Å². The lowest BCUT2D eigenvalue weighted by Gasteiger charge is -2.39. The molecule has 2 N–H and O–H groups in total. The predicted molar refractivity (Wildman–Crippen MR) is 87.9 cm³/mol. The van der Waals surface area contributed by atoms with Crippen molar-refractivity contribution < 1.29 is 13.2 Å². The van der Waals surface area contributed by atoms with Crippen LogP contribution in [0.5, 0.6) is 0 Å². The van der Waals surface area contributed by atoms with Gasteiger partial charge in [0.25, 0.3) is 0 Å². The molecule has 3 nitrogen and oxygen atoms in total. The van der Waals surface area contributed by atoms with E-state index in [2.05, 4.69) is 15.5 Å². The van der Waals surface area contributed by atoms with E-state index in [4.69, 9.17) is 12.2 Å². The van der Waals surface area contributed by atoms with E-state index in [1.54, 1.807) is 20.8 Å². The highest BCUT2D eigenvalue weighted by molar-refractivity contribution is 7.80. The lowest BCUT2D eigenvalue weighted by atomic mass is 9.86. The Bertz CT molecular complexity index is 363. The van der Waals surface area contributed by atoms with Crippen molar-refractivity contribution in [2.24, 2.45) is 5.41 Å². The van der Waals surface area contributed by atoms with Gasteiger partial charge in [0, 0.05) is 12.1 Å². The first-order chi connectivity index (χ1) is 9.93. The molecule has 0 unspecified atom stereocenters. The van der Waals surface area contributed by atoms with Gasteiger partial charge in [0.2, 0.25) is 0 Å². The van der Waals surface area contributed by atoms with Gasteiger partial charge in [-0.25, -0.2) is 0 Å². The number of hydrogen-bond acceptors (Lipinski definition) is 2. The van der Waals surface area contributed by atoms with Crippen molar-refractivity contribution in [3.8, 4) is 0 Å². The second kappa shape index (κ2) is 7.34. The summed E-state index contributed by atoms with van der Waals surface area (Å²) < 4.78 is 39.6. The van der Waals surface area contributed by atoms with Gasteiger partial charge < -0.3 is 15.5 Å². The number of alkyl halides is 3. The van der Waals surface area contributed by atoms with Crippen LogP contribution in [0.2, 0.25) is 0 Å². The van der Waals surface area contributed by atoms with Crippen LogP contribution in [-0.4, -0.2) is 48.4 Å². The Kier molecular flexibility index (Phi) is 6.50. The van der Waals surface area contributed by atoms with Gasteiger partial charge in [-0.3, -0.25) is 0 Å². The molecule has 0 aromatic carbocycles. The first-order valence-electron chi connectivity index (χ1n) is 7.73. The molecule has 7 heteroatoms. The fraction of sp³-hybridized carbons (Fsp3) is 0.933. The maximum atomic E-state index is 13.2. The summed E-state index contributed by atoms with van der Waals surface area (Å²) in [6, 6.07) is -1.27. The van der Waals surface area contributed by atoms with Crippen molar-refractivity contribution in [1.82, 2.24) is 15.5 Å². The van der Waals surface area contributed by atoms with E-state index in [0.29, 0.717) is 6.04 Å². The molecular formula is C15H28F3N3S. The number of halogens is 3.